The van der Waals surface area contributed by atoms with E-state index in [1.54, 1.807) is 0 Å². The Bertz CT molecular complexity index is 179. The third-order valence-corrected chi connectivity index (χ3v) is 3.47. The highest BCUT2D eigenvalue weighted by Crippen LogP contribution is 2.19. The highest BCUT2D eigenvalue weighted by atomic mass is 15.1. The zero-order chi connectivity index (χ0) is 12.0. The van der Waals surface area contributed by atoms with E-state index in [1.807, 2.05) is 0 Å². The molecular formula is C14H30N2. The van der Waals surface area contributed by atoms with Crippen LogP contribution in [-0.2, 0) is 0 Å². The molecule has 1 N–H and O–H groups in total. The van der Waals surface area contributed by atoms with Crippen molar-refractivity contribution in [2.45, 2.75) is 58.4 Å². The first kappa shape index (κ1) is 14.0. The Morgan fingerprint density at radius 3 is 2.12 bits per heavy atom. The smallest absolute Gasteiger partial charge is 0.00673 e. The van der Waals surface area contributed by atoms with Crippen molar-refractivity contribution in [3.63, 3.8) is 0 Å². The lowest BCUT2D eigenvalue weighted by Gasteiger charge is -2.30. The summed E-state index contributed by atoms with van der Waals surface area (Å²) in [5.74, 6) is 0. The second kappa shape index (κ2) is 6.61. The zero-order valence-corrected chi connectivity index (χ0v) is 11.7. The van der Waals surface area contributed by atoms with E-state index in [0.717, 1.165) is 19.1 Å². The molecule has 0 aromatic heterocycles. The average Bonchev–Trinajstić information content (AvgIpc) is 2.40. The Morgan fingerprint density at radius 1 is 1.06 bits per heavy atom. The summed E-state index contributed by atoms with van der Waals surface area (Å²) in [6.07, 6.45) is 8.51. The summed E-state index contributed by atoms with van der Waals surface area (Å²) >= 11 is 0. The summed E-state index contributed by atoms with van der Waals surface area (Å²) < 4.78 is 0. The van der Waals surface area contributed by atoms with E-state index < -0.39 is 0 Å². The van der Waals surface area contributed by atoms with Crippen LogP contribution in [0.25, 0.3) is 0 Å². The molecule has 0 bridgehead atoms. The summed E-state index contributed by atoms with van der Waals surface area (Å²) in [5, 5.41) is 3.78. The van der Waals surface area contributed by atoms with Crippen molar-refractivity contribution in [2.75, 3.05) is 27.2 Å². The van der Waals surface area contributed by atoms with E-state index in [4.69, 9.17) is 0 Å². The van der Waals surface area contributed by atoms with Crippen LogP contribution in [0.4, 0.5) is 0 Å². The predicted octanol–water partition coefficient (Wildman–Crippen LogP) is 2.89. The highest BCUT2D eigenvalue weighted by molar-refractivity contribution is 4.78. The average molecular weight is 226 g/mol. The molecule has 0 radical (unpaired) electrons. The summed E-state index contributed by atoms with van der Waals surface area (Å²) in [4.78, 5) is 2.29. The molecule has 0 atom stereocenters. The third-order valence-electron chi connectivity index (χ3n) is 3.47. The first-order chi connectivity index (χ1) is 7.49. The Balaban J connectivity index is 2.25. The Labute approximate surface area is 102 Å². The summed E-state index contributed by atoms with van der Waals surface area (Å²) in [7, 11) is 4.32. The molecule has 1 fully saturated rings. The van der Waals surface area contributed by atoms with Gasteiger partial charge in [-0.25, -0.2) is 0 Å². The van der Waals surface area contributed by atoms with Crippen molar-refractivity contribution in [2.24, 2.45) is 5.41 Å². The van der Waals surface area contributed by atoms with Crippen molar-refractivity contribution in [1.29, 1.82) is 0 Å². The molecule has 0 unspecified atom stereocenters. The van der Waals surface area contributed by atoms with Crippen LogP contribution >= 0.6 is 0 Å². The molecule has 1 aliphatic carbocycles. The van der Waals surface area contributed by atoms with Gasteiger partial charge in [0.1, 0.15) is 0 Å². The van der Waals surface area contributed by atoms with Gasteiger partial charge >= 0.3 is 0 Å². The minimum atomic E-state index is 0.385. The topological polar surface area (TPSA) is 15.3 Å². The molecule has 0 spiro atoms. The van der Waals surface area contributed by atoms with Gasteiger partial charge in [0.25, 0.3) is 0 Å². The van der Waals surface area contributed by atoms with Gasteiger partial charge in [-0.15, -0.1) is 0 Å². The van der Waals surface area contributed by atoms with Gasteiger partial charge in [0, 0.05) is 19.1 Å². The van der Waals surface area contributed by atoms with Gasteiger partial charge in [-0.2, -0.15) is 0 Å². The standard InChI is InChI=1S/C14H30N2/c1-14(2,12-16(3)4)11-15-13-9-7-5-6-8-10-13/h13,15H,5-12H2,1-4H3. The van der Waals surface area contributed by atoms with Gasteiger partial charge in [-0.05, 0) is 32.4 Å². The van der Waals surface area contributed by atoms with E-state index in [2.05, 4.69) is 38.2 Å². The third kappa shape index (κ3) is 5.86. The number of nitrogens with zero attached hydrogens (tertiary/aromatic N) is 1. The van der Waals surface area contributed by atoms with Gasteiger partial charge in [-0.3, -0.25) is 0 Å². The maximum Gasteiger partial charge on any atom is 0.00673 e. The van der Waals surface area contributed by atoms with Crippen LogP contribution in [0.5, 0.6) is 0 Å². The van der Waals surface area contributed by atoms with E-state index in [1.165, 1.54) is 38.5 Å². The number of rotatable bonds is 5. The van der Waals surface area contributed by atoms with Crippen molar-refractivity contribution in [3.05, 3.63) is 0 Å². The molecule has 0 saturated heterocycles. The van der Waals surface area contributed by atoms with Crippen LogP contribution in [0.2, 0.25) is 0 Å². The molecule has 0 aliphatic heterocycles. The fourth-order valence-corrected chi connectivity index (χ4v) is 2.82. The fraction of sp³-hybridized carbons (Fsp3) is 1.00. The maximum atomic E-state index is 3.78. The van der Waals surface area contributed by atoms with Crippen LogP contribution in [0, 0.1) is 5.41 Å². The lowest BCUT2D eigenvalue weighted by molar-refractivity contribution is 0.222. The van der Waals surface area contributed by atoms with Gasteiger partial charge in [0.15, 0.2) is 0 Å². The first-order valence-electron chi connectivity index (χ1n) is 6.88. The molecule has 0 amide bonds. The number of nitrogens with one attached hydrogen (secondary N) is 1. The molecule has 2 nitrogen and oxygen atoms in total. The van der Waals surface area contributed by atoms with E-state index in [0.29, 0.717) is 5.41 Å². The maximum absolute atomic E-state index is 3.78. The molecule has 16 heavy (non-hydrogen) atoms. The van der Waals surface area contributed by atoms with Gasteiger partial charge in [0.2, 0.25) is 0 Å². The summed E-state index contributed by atoms with van der Waals surface area (Å²) in [5.41, 5.74) is 0.385. The van der Waals surface area contributed by atoms with Crippen molar-refractivity contribution < 1.29 is 0 Å². The van der Waals surface area contributed by atoms with Gasteiger partial charge in [-0.1, -0.05) is 39.5 Å². The lowest BCUT2D eigenvalue weighted by Crippen LogP contribution is -2.41. The molecule has 1 aliphatic rings. The van der Waals surface area contributed by atoms with Gasteiger partial charge < -0.3 is 10.2 Å². The molecular weight excluding hydrogens is 196 g/mol. The fourth-order valence-electron chi connectivity index (χ4n) is 2.82. The number of hydrogen-bond donors (Lipinski definition) is 1. The first-order valence-corrected chi connectivity index (χ1v) is 6.88. The van der Waals surface area contributed by atoms with Crippen LogP contribution in [0.15, 0.2) is 0 Å². The largest absolute Gasteiger partial charge is 0.313 e. The zero-order valence-electron chi connectivity index (χ0n) is 11.7. The Morgan fingerprint density at radius 2 is 1.62 bits per heavy atom. The second-order valence-corrected chi connectivity index (χ2v) is 6.47. The molecule has 0 aromatic carbocycles. The quantitative estimate of drug-likeness (QED) is 0.725. The van der Waals surface area contributed by atoms with Crippen LogP contribution < -0.4 is 5.32 Å². The van der Waals surface area contributed by atoms with E-state index in [9.17, 15) is 0 Å². The molecule has 96 valence electrons. The van der Waals surface area contributed by atoms with Crippen LogP contribution in [0.3, 0.4) is 0 Å². The molecule has 0 aromatic rings. The van der Waals surface area contributed by atoms with E-state index in [-0.39, 0.29) is 0 Å². The number of hydrogen-bond acceptors (Lipinski definition) is 2. The molecule has 2 heteroatoms. The summed E-state index contributed by atoms with van der Waals surface area (Å²) in [6, 6.07) is 0.781. The summed E-state index contributed by atoms with van der Waals surface area (Å²) in [6.45, 7) is 7.02. The SMILES string of the molecule is CN(C)CC(C)(C)CNC1CCCCCC1. The van der Waals surface area contributed by atoms with Crippen LogP contribution in [0.1, 0.15) is 52.4 Å². The van der Waals surface area contributed by atoms with E-state index >= 15 is 0 Å². The predicted molar refractivity (Wildman–Crippen MR) is 71.8 cm³/mol. The van der Waals surface area contributed by atoms with Crippen molar-refractivity contribution in [1.82, 2.24) is 10.2 Å². The van der Waals surface area contributed by atoms with Crippen LogP contribution in [-0.4, -0.2) is 38.1 Å². The minimum absolute atomic E-state index is 0.385. The van der Waals surface area contributed by atoms with Crippen molar-refractivity contribution >= 4 is 0 Å². The lowest BCUT2D eigenvalue weighted by atomic mass is 9.92. The molecule has 1 rings (SSSR count). The molecule has 0 heterocycles. The molecule has 1 saturated carbocycles. The Kier molecular flexibility index (Phi) is 5.77. The second-order valence-electron chi connectivity index (χ2n) is 6.47. The van der Waals surface area contributed by atoms with Crippen molar-refractivity contribution in [3.8, 4) is 0 Å². The minimum Gasteiger partial charge on any atom is -0.313 e. The van der Waals surface area contributed by atoms with Gasteiger partial charge in [0.05, 0.1) is 0 Å². The normalized spacial score (nSPS) is 20.1. The Hall–Kier alpha value is -0.0800. The monoisotopic (exact) mass is 226 g/mol. The highest BCUT2D eigenvalue weighted by Gasteiger charge is 2.20.